The van der Waals surface area contributed by atoms with E-state index in [9.17, 15) is 14.7 Å². The van der Waals surface area contributed by atoms with E-state index in [0.29, 0.717) is 45.3 Å². The standard InChI is InChI=1S/C34H38IN7O4/c1-3-30(43)42-18-17-41(20-25(42)19-36-2)33-26-12-15-40(29-11-5-8-23-7-4-10-27(35)32(23)29)21-28(26)37-34(38-33)46-22-24-9-6-14-39(24)16-13-31(44)45/h3-5,7-8,10-11,24-25H,1,6,9,12-22H2,(H,44,45)/t24-,25-/m0/s1/i35+4. The number of aromatic nitrogens is 2. The number of fused-ring (bicyclic) bond motifs is 2. The van der Waals surface area contributed by atoms with Gasteiger partial charge in [0.25, 0.3) is 0 Å². The Morgan fingerprint density at radius 1 is 1.11 bits per heavy atom. The van der Waals surface area contributed by atoms with Crippen LogP contribution in [0.1, 0.15) is 30.5 Å². The third-order valence-electron chi connectivity index (χ3n) is 9.25. The third kappa shape index (κ3) is 6.76. The van der Waals surface area contributed by atoms with Crippen molar-refractivity contribution in [3.05, 3.63) is 75.3 Å². The molecule has 0 unspecified atom stereocenters. The van der Waals surface area contributed by atoms with Crippen molar-refractivity contribution in [2.75, 3.05) is 62.2 Å². The zero-order valence-electron chi connectivity index (χ0n) is 25.8. The molecule has 11 nitrogen and oxygen atoms in total. The van der Waals surface area contributed by atoms with Gasteiger partial charge in [-0.3, -0.25) is 14.5 Å². The van der Waals surface area contributed by atoms with Gasteiger partial charge >= 0.3 is 12.0 Å². The molecular weight excluding hydrogens is 701 g/mol. The molecule has 6 rings (SSSR count). The Balaban J connectivity index is 1.31. The molecule has 1 amide bonds. The second kappa shape index (κ2) is 14.2. The molecule has 0 bridgehead atoms. The summed E-state index contributed by atoms with van der Waals surface area (Å²) in [6, 6.07) is 12.9. The first kappa shape index (κ1) is 32.0. The molecule has 0 radical (unpaired) electrons. The van der Waals surface area contributed by atoms with Crippen LogP contribution in [-0.4, -0.2) is 101 Å². The van der Waals surface area contributed by atoms with Crippen molar-refractivity contribution >= 4 is 56.7 Å². The lowest BCUT2D eigenvalue weighted by Gasteiger charge is -2.41. The van der Waals surface area contributed by atoms with Gasteiger partial charge in [0.05, 0.1) is 18.7 Å². The Morgan fingerprint density at radius 3 is 2.72 bits per heavy atom. The van der Waals surface area contributed by atoms with E-state index in [1.165, 1.54) is 26.1 Å². The van der Waals surface area contributed by atoms with E-state index in [-0.39, 0.29) is 31.0 Å². The van der Waals surface area contributed by atoms with Gasteiger partial charge in [0, 0.05) is 59.0 Å². The molecule has 240 valence electrons. The van der Waals surface area contributed by atoms with E-state index in [1.807, 2.05) is 0 Å². The van der Waals surface area contributed by atoms with Crippen LogP contribution in [0, 0.1) is 10.1 Å². The highest BCUT2D eigenvalue weighted by molar-refractivity contribution is 14.1. The summed E-state index contributed by atoms with van der Waals surface area (Å²) in [5.41, 5.74) is 3.16. The van der Waals surface area contributed by atoms with Gasteiger partial charge in [-0.05, 0) is 72.0 Å². The fourth-order valence-corrected chi connectivity index (χ4v) is 7.76. The van der Waals surface area contributed by atoms with Crippen molar-refractivity contribution in [1.29, 1.82) is 0 Å². The number of piperazine rings is 1. The van der Waals surface area contributed by atoms with Crippen LogP contribution in [0.4, 0.5) is 11.5 Å². The molecule has 2 saturated heterocycles. The normalized spacial score (nSPS) is 20.0. The van der Waals surface area contributed by atoms with Crippen LogP contribution in [-0.2, 0) is 22.6 Å². The number of likely N-dealkylation sites (tertiary alicyclic amines) is 1. The van der Waals surface area contributed by atoms with E-state index in [0.717, 1.165) is 49.4 Å². The number of carbonyl (C=O) groups excluding carboxylic acids is 1. The summed E-state index contributed by atoms with van der Waals surface area (Å²) >= 11 is 2.41. The third-order valence-corrected chi connectivity index (χ3v) is 10.2. The van der Waals surface area contributed by atoms with E-state index in [1.54, 1.807) is 4.90 Å². The lowest BCUT2D eigenvalue weighted by Crippen LogP contribution is -2.56. The van der Waals surface area contributed by atoms with Gasteiger partial charge in [0.2, 0.25) is 12.5 Å². The minimum Gasteiger partial charge on any atom is -0.481 e. The summed E-state index contributed by atoms with van der Waals surface area (Å²) in [5, 5.41) is 11.6. The largest absolute Gasteiger partial charge is 0.481 e. The Kier molecular flexibility index (Phi) is 9.89. The summed E-state index contributed by atoms with van der Waals surface area (Å²) in [4.78, 5) is 45.8. The maximum absolute atomic E-state index is 12.6. The molecule has 2 fully saturated rings. The van der Waals surface area contributed by atoms with Gasteiger partial charge in [0.15, 0.2) is 0 Å². The number of carbonyl (C=O) groups is 2. The smallest absolute Gasteiger partial charge is 0.318 e. The molecule has 0 aliphatic carbocycles. The van der Waals surface area contributed by atoms with Gasteiger partial charge in [0.1, 0.15) is 18.5 Å². The van der Waals surface area contributed by atoms with Gasteiger partial charge in [-0.15, -0.1) is 0 Å². The Hall–Kier alpha value is -3.96. The van der Waals surface area contributed by atoms with Crippen molar-refractivity contribution in [2.24, 2.45) is 0 Å². The summed E-state index contributed by atoms with van der Waals surface area (Å²) in [5.74, 6) is -0.153. The SMILES string of the molecule is [C-]#[N+]C[C@H]1CN(c2nc(OC[C@@H]3CCCN3CCC(=O)O)nc3c2CCN(c2cccc4cccc([131I])c24)C3)CCN1C(=O)C=C. The van der Waals surface area contributed by atoms with Crippen molar-refractivity contribution in [3.8, 4) is 6.01 Å². The molecular formula is C34H38IN7O4. The molecule has 2 atom stereocenters. The van der Waals surface area contributed by atoms with Gasteiger partial charge in [-0.1, -0.05) is 30.8 Å². The predicted molar refractivity (Wildman–Crippen MR) is 185 cm³/mol. The summed E-state index contributed by atoms with van der Waals surface area (Å²) in [6.07, 6.45) is 4.10. The maximum atomic E-state index is 12.6. The molecule has 46 heavy (non-hydrogen) atoms. The number of rotatable bonds is 10. The van der Waals surface area contributed by atoms with Crippen LogP contribution in [0.25, 0.3) is 15.6 Å². The Morgan fingerprint density at radius 2 is 1.93 bits per heavy atom. The van der Waals surface area contributed by atoms with E-state index < -0.39 is 5.97 Å². The molecule has 2 aromatic carbocycles. The predicted octanol–water partition coefficient (Wildman–Crippen LogP) is 4.24. The highest BCUT2D eigenvalue weighted by Crippen LogP contribution is 2.36. The van der Waals surface area contributed by atoms with Crippen LogP contribution in [0.2, 0.25) is 0 Å². The number of carboxylic acid groups (broad SMARTS) is 1. The average Bonchev–Trinajstić information content (AvgIpc) is 3.52. The highest BCUT2D eigenvalue weighted by atomic mass is 131. The summed E-state index contributed by atoms with van der Waals surface area (Å²) in [7, 11) is 0. The van der Waals surface area contributed by atoms with Crippen molar-refractivity contribution in [1.82, 2.24) is 19.8 Å². The molecule has 0 spiro atoms. The van der Waals surface area contributed by atoms with Crippen LogP contribution in [0.3, 0.4) is 0 Å². The highest BCUT2D eigenvalue weighted by Gasteiger charge is 2.35. The maximum Gasteiger partial charge on any atom is 0.318 e. The summed E-state index contributed by atoms with van der Waals surface area (Å²) < 4.78 is 7.52. The molecule has 1 N–H and O–H groups in total. The van der Waals surface area contributed by atoms with E-state index in [4.69, 9.17) is 21.3 Å². The van der Waals surface area contributed by atoms with Crippen LogP contribution >= 0.6 is 22.6 Å². The molecule has 1 aromatic heterocycles. The second-order valence-electron chi connectivity index (χ2n) is 12.0. The molecule has 12 heteroatoms. The minimum absolute atomic E-state index is 0.102. The number of amides is 1. The number of anilines is 2. The molecule has 3 aliphatic heterocycles. The Labute approximate surface area is 282 Å². The van der Waals surface area contributed by atoms with Crippen LogP contribution in [0.15, 0.2) is 49.1 Å². The van der Waals surface area contributed by atoms with E-state index >= 15 is 0 Å². The number of nitrogens with zero attached hydrogens (tertiary/aromatic N) is 7. The number of halogens is 1. The second-order valence-corrected chi connectivity index (χ2v) is 13.2. The molecule has 0 saturated carbocycles. The van der Waals surface area contributed by atoms with Gasteiger partial charge < -0.3 is 29.4 Å². The van der Waals surface area contributed by atoms with Gasteiger partial charge in [-0.25, -0.2) is 6.57 Å². The zero-order valence-corrected chi connectivity index (χ0v) is 27.9. The van der Waals surface area contributed by atoms with Crippen molar-refractivity contribution in [2.45, 2.75) is 44.3 Å². The lowest BCUT2D eigenvalue weighted by molar-refractivity contribution is -0.137. The molecule has 4 heterocycles. The minimum atomic E-state index is -0.800. The number of aliphatic carboxylic acids is 1. The van der Waals surface area contributed by atoms with E-state index in [2.05, 4.69) is 85.1 Å². The number of hydrogen-bond acceptors (Lipinski definition) is 8. The quantitative estimate of drug-likeness (QED) is 0.186. The average molecular weight is 740 g/mol. The van der Waals surface area contributed by atoms with Crippen LogP contribution in [0.5, 0.6) is 6.01 Å². The number of benzene rings is 2. The zero-order chi connectivity index (χ0) is 32.2. The van der Waals surface area contributed by atoms with Crippen molar-refractivity contribution < 1.29 is 19.4 Å². The first-order chi connectivity index (χ1) is 22.4. The first-order valence-electron chi connectivity index (χ1n) is 15.8. The van der Waals surface area contributed by atoms with Gasteiger partial charge in [-0.2, -0.15) is 9.97 Å². The fourth-order valence-electron chi connectivity index (χ4n) is 6.96. The van der Waals surface area contributed by atoms with Crippen molar-refractivity contribution in [3.63, 3.8) is 0 Å². The lowest BCUT2D eigenvalue weighted by atomic mass is 10.0. The Bertz CT molecular complexity index is 1670. The first-order valence-corrected chi connectivity index (χ1v) is 16.9. The molecule has 3 aromatic rings. The topological polar surface area (TPSA) is 107 Å². The number of hydrogen-bond donors (Lipinski definition) is 1. The monoisotopic (exact) mass is 739 g/mol. The number of carboxylic acids is 1. The van der Waals surface area contributed by atoms with Crippen LogP contribution < -0.4 is 14.5 Å². The molecule has 3 aliphatic rings. The summed E-state index contributed by atoms with van der Waals surface area (Å²) in [6.45, 7) is 16.0. The fraction of sp³-hybridized carbons (Fsp3) is 0.441. The number of ether oxygens (including phenoxy) is 1.